The van der Waals surface area contributed by atoms with Crippen molar-refractivity contribution in [3.05, 3.63) is 57.8 Å². The summed E-state index contributed by atoms with van der Waals surface area (Å²) in [6, 6.07) is 9.10. The van der Waals surface area contributed by atoms with E-state index in [0.29, 0.717) is 27.0 Å². The largest absolute Gasteiger partial charge is 0.398 e. The summed E-state index contributed by atoms with van der Waals surface area (Å²) in [6.07, 6.45) is 0. The van der Waals surface area contributed by atoms with Gasteiger partial charge in [0.1, 0.15) is 5.82 Å². The lowest BCUT2D eigenvalue weighted by Crippen LogP contribution is -2.08. The summed E-state index contributed by atoms with van der Waals surface area (Å²) in [6.45, 7) is 0. The van der Waals surface area contributed by atoms with Gasteiger partial charge in [0.2, 0.25) is 0 Å². The van der Waals surface area contributed by atoms with Crippen LogP contribution < -0.4 is 11.5 Å². The van der Waals surface area contributed by atoms with Gasteiger partial charge in [-0.3, -0.25) is 5.41 Å². The first-order valence-electron chi connectivity index (χ1n) is 5.19. The second-order valence-electron chi connectivity index (χ2n) is 3.82. The Morgan fingerprint density at radius 3 is 2.44 bits per heavy atom. The molecule has 2 aromatic carbocycles. The third-order valence-electron chi connectivity index (χ3n) is 2.57. The molecule has 0 radical (unpaired) electrons. The maximum atomic E-state index is 13.2. The molecule has 0 spiro atoms. The summed E-state index contributed by atoms with van der Waals surface area (Å²) in [5.41, 5.74) is 13.6. The molecule has 0 heterocycles. The number of hydrogen-bond donors (Lipinski definition) is 3. The van der Waals surface area contributed by atoms with E-state index in [-0.39, 0.29) is 5.71 Å². The second kappa shape index (κ2) is 4.78. The molecule has 0 fully saturated rings. The molecule has 3 nitrogen and oxygen atoms in total. The van der Waals surface area contributed by atoms with Crippen LogP contribution in [0.15, 0.2) is 40.9 Å². The highest BCUT2D eigenvalue weighted by Gasteiger charge is 2.14. The summed E-state index contributed by atoms with van der Waals surface area (Å²) in [4.78, 5) is 0. The molecule has 0 aliphatic carbocycles. The topological polar surface area (TPSA) is 75.9 Å². The van der Waals surface area contributed by atoms with Crippen LogP contribution in [0.5, 0.6) is 0 Å². The first-order chi connectivity index (χ1) is 8.50. The van der Waals surface area contributed by atoms with Gasteiger partial charge >= 0.3 is 0 Å². The summed E-state index contributed by atoms with van der Waals surface area (Å²) in [7, 11) is 0. The van der Waals surface area contributed by atoms with Crippen molar-refractivity contribution in [1.82, 2.24) is 0 Å². The molecule has 2 aromatic rings. The van der Waals surface area contributed by atoms with Gasteiger partial charge in [-0.2, -0.15) is 0 Å². The number of nitrogens with one attached hydrogen (secondary N) is 1. The predicted octanol–water partition coefficient (Wildman–Crippen LogP) is 3.17. The minimum Gasteiger partial charge on any atom is -0.398 e. The Kier molecular flexibility index (Phi) is 3.34. The lowest BCUT2D eigenvalue weighted by Gasteiger charge is -2.12. The van der Waals surface area contributed by atoms with Crippen LogP contribution in [0.4, 0.5) is 15.8 Å². The molecule has 2 rings (SSSR count). The fourth-order valence-electron chi connectivity index (χ4n) is 1.65. The molecule has 92 valence electrons. The number of rotatable bonds is 2. The highest BCUT2D eigenvalue weighted by atomic mass is 79.9. The lowest BCUT2D eigenvalue weighted by molar-refractivity contribution is 0.627. The number of benzene rings is 2. The van der Waals surface area contributed by atoms with E-state index < -0.39 is 5.82 Å². The third kappa shape index (κ3) is 2.22. The lowest BCUT2D eigenvalue weighted by atomic mass is 10.0. The summed E-state index contributed by atoms with van der Waals surface area (Å²) < 4.78 is 13.7. The molecule has 5 heteroatoms. The van der Waals surface area contributed by atoms with Gasteiger partial charge in [-0.05, 0) is 40.2 Å². The third-order valence-corrected chi connectivity index (χ3v) is 3.42. The molecule has 0 aliphatic heterocycles. The smallest absolute Gasteiger partial charge is 0.123 e. The van der Waals surface area contributed by atoms with Crippen molar-refractivity contribution in [3.63, 3.8) is 0 Å². The van der Waals surface area contributed by atoms with Crippen molar-refractivity contribution in [1.29, 1.82) is 5.41 Å². The zero-order valence-corrected chi connectivity index (χ0v) is 11.0. The number of halogens is 2. The van der Waals surface area contributed by atoms with Crippen molar-refractivity contribution in [2.24, 2.45) is 0 Å². The molecule has 5 N–H and O–H groups in total. The van der Waals surface area contributed by atoms with Gasteiger partial charge < -0.3 is 11.5 Å². The molecule has 0 unspecified atom stereocenters. The van der Waals surface area contributed by atoms with E-state index in [1.807, 2.05) is 0 Å². The monoisotopic (exact) mass is 307 g/mol. The van der Waals surface area contributed by atoms with Gasteiger partial charge in [-0.15, -0.1) is 0 Å². The molecule has 0 amide bonds. The molecule has 0 atom stereocenters. The van der Waals surface area contributed by atoms with E-state index in [9.17, 15) is 4.39 Å². The highest BCUT2D eigenvalue weighted by Crippen LogP contribution is 2.30. The fourth-order valence-corrected chi connectivity index (χ4v) is 2.21. The van der Waals surface area contributed by atoms with Crippen LogP contribution in [0.1, 0.15) is 11.1 Å². The maximum Gasteiger partial charge on any atom is 0.123 e. The van der Waals surface area contributed by atoms with Crippen LogP contribution in [0, 0.1) is 11.2 Å². The van der Waals surface area contributed by atoms with Gasteiger partial charge in [0.15, 0.2) is 0 Å². The van der Waals surface area contributed by atoms with Crippen molar-refractivity contribution in [2.45, 2.75) is 0 Å². The number of nitrogens with two attached hydrogens (primary N) is 2. The Hall–Kier alpha value is -1.88. The normalized spacial score (nSPS) is 10.3. The summed E-state index contributed by atoms with van der Waals surface area (Å²) in [5, 5.41) is 8.11. The van der Waals surface area contributed by atoms with Crippen LogP contribution in [0.3, 0.4) is 0 Å². The zero-order chi connectivity index (χ0) is 13.3. The van der Waals surface area contributed by atoms with Crippen molar-refractivity contribution in [3.8, 4) is 0 Å². The van der Waals surface area contributed by atoms with E-state index in [4.69, 9.17) is 16.9 Å². The van der Waals surface area contributed by atoms with Gasteiger partial charge in [0.25, 0.3) is 0 Å². The van der Waals surface area contributed by atoms with E-state index in [1.165, 1.54) is 12.1 Å². The van der Waals surface area contributed by atoms with Crippen molar-refractivity contribution >= 4 is 33.0 Å². The first kappa shape index (κ1) is 12.6. The van der Waals surface area contributed by atoms with Gasteiger partial charge in [-0.1, -0.05) is 12.1 Å². The predicted molar refractivity (Wildman–Crippen MR) is 75.3 cm³/mol. The van der Waals surface area contributed by atoms with Crippen molar-refractivity contribution < 1.29 is 4.39 Å². The Morgan fingerprint density at radius 1 is 1.11 bits per heavy atom. The van der Waals surface area contributed by atoms with Crippen LogP contribution in [0.2, 0.25) is 0 Å². The Balaban J connectivity index is 2.56. The second-order valence-corrected chi connectivity index (χ2v) is 4.61. The quantitative estimate of drug-likeness (QED) is 0.589. The summed E-state index contributed by atoms with van der Waals surface area (Å²) >= 11 is 3.31. The summed E-state index contributed by atoms with van der Waals surface area (Å²) in [5.74, 6) is -0.393. The van der Waals surface area contributed by atoms with E-state index >= 15 is 0 Å². The molecule has 0 saturated carbocycles. The van der Waals surface area contributed by atoms with Crippen LogP contribution in [-0.2, 0) is 0 Å². The molecule has 18 heavy (non-hydrogen) atoms. The molecule has 0 aliphatic rings. The van der Waals surface area contributed by atoms with E-state index in [2.05, 4.69) is 15.9 Å². The van der Waals surface area contributed by atoms with Crippen molar-refractivity contribution in [2.75, 3.05) is 11.5 Å². The van der Waals surface area contributed by atoms with Crippen LogP contribution in [-0.4, -0.2) is 5.71 Å². The van der Waals surface area contributed by atoms with Gasteiger partial charge in [-0.25, -0.2) is 4.39 Å². The number of hydrogen-bond acceptors (Lipinski definition) is 3. The van der Waals surface area contributed by atoms with Crippen LogP contribution >= 0.6 is 15.9 Å². The molecule has 0 bridgehead atoms. The Morgan fingerprint density at radius 2 is 1.78 bits per heavy atom. The maximum absolute atomic E-state index is 13.2. The Bertz CT molecular complexity index is 626. The van der Waals surface area contributed by atoms with Gasteiger partial charge in [0, 0.05) is 22.5 Å². The van der Waals surface area contributed by atoms with E-state index in [0.717, 1.165) is 0 Å². The standard InChI is InChI=1S/C13H11BrFN3/c14-12-10(17)5-4-9(16)11(12)13(18)7-2-1-3-8(15)6-7/h1-6,18H,16-17H2. The average Bonchev–Trinajstić information content (AvgIpc) is 2.34. The highest BCUT2D eigenvalue weighted by molar-refractivity contribution is 9.10. The van der Waals surface area contributed by atoms with Gasteiger partial charge in [0.05, 0.1) is 10.2 Å². The average molecular weight is 308 g/mol. The first-order valence-corrected chi connectivity index (χ1v) is 5.98. The molecule has 0 saturated heterocycles. The molecular weight excluding hydrogens is 297 g/mol. The minimum atomic E-state index is -0.393. The SMILES string of the molecule is N=C(c1cccc(F)c1)c1c(N)ccc(N)c1Br. The molecular formula is C13H11BrFN3. The minimum absolute atomic E-state index is 0.131. The Labute approximate surface area is 112 Å². The number of anilines is 2. The number of nitrogen functional groups attached to an aromatic ring is 2. The molecule has 0 aromatic heterocycles. The van der Waals surface area contributed by atoms with E-state index in [1.54, 1.807) is 24.3 Å². The fraction of sp³-hybridized carbons (Fsp3) is 0. The zero-order valence-electron chi connectivity index (χ0n) is 9.37. The van der Waals surface area contributed by atoms with Crippen LogP contribution in [0.25, 0.3) is 0 Å².